The highest BCUT2D eigenvalue weighted by atomic mass is 16.5. The van der Waals surface area contributed by atoms with Gasteiger partial charge in [-0.25, -0.2) is 0 Å². The fourth-order valence-corrected chi connectivity index (χ4v) is 1.27. The Bertz CT molecular complexity index is 146. The molecule has 0 aromatic heterocycles. The molecule has 0 bridgehead atoms. The summed E-state index contributed by atoms with van der Waals surface area (Å²) in [4.78, 5) is 0. The number of hydrogen-bond donors (Lipinski definition) is 3. The van der Waals surface area contributed by atoms with E-state index < -0.39 is 6.10 Å². The van der Waals surface area contributed by atoms with Crippen molar-refractivity contribution in [2.75, 3.05) is 40.0 Å². The van der Waals surface area contributed by atoms with Gasteiger partial charge in [-0.1, -0.05) is 13.3 Å². The minimum Gasteiger partial charge on any atom is -0.392 e. The Labute approximate surface area is 97.8 Å². The number of ether oxygens (including phenoxy) is 2. The Kier molecular flexibility index (Phi) is 11.1. The Balaban J connectivity index is 3.26. The molecule has 5 heteroatoms. The van der Waals surface area contributed by atoms with Crippen molar-refractivity contribution in [2.24, 2.45) is 0 Å². The highest BCUT2D eigenvalue weighted by molar-refractivity contribution is 4.62. The molecule has 98 valence electrons. The van der Waals surface area contributed by atoms with Gasteiger partial charge < -0.3 is 25.0 Å². The van der Waals surface area contributed by atoms with Gasteiger partial charge in [0.1, 0.15) is 0 Å². The summed E-state index contributed by atoms with van der Waals surface area (Å²) < 4.78 is 9.97. The van der Waals surface area contributed by atoms with E-state index in [1.165, 1.54) is 0 Å². The van der Waals surface area contributed by atoms with Crippen LogP contribution in [-0.4, -0.2) is 62.4 Å². The SMILES string of the molecule is CCCC(O)CNCC(O)COCCOC. The van der Waals surface area contributed by atoms with Gasteiger partial charge in [-0.05, 0) is 6.42 Å². The number of aliphatic hydroxyl groups excluding tert-OH is 2. The number of methoxy groups -OCH3 is 1. The highest BCUT2D eigenvalue weighted by Crippen LogP contribution is 1.94. The largest absolute Gasteiger partial charge is 0.392 e. The Morgan fingerprint density at radius 2 is 1.81 bits per heavy atom. The van der Waals surface area contributed by atoms with Crippen molar-refractivity contribution in [1.82, 2.24) is 5.32 Å². The summed E-state index contributed by atoms with van der Waals surface area (Å²) in [6.45, 7) is 4.31. The van der Waals surface area contributed by atoms with Gasteiger partial charge in [0.05, 0.1) is 32.0 Å². The highest BCUT2D eigenvalue weighted by Gasteiger charge is 2.06. The van der Waals surface area contributed by atoms with Crippen molar-refractivity contribution < 1.29 is 19.7 Å². The smallest absolute Gasteiger partial charge is 0.0897 e. The molecule has 0 rings (SSSR count). The quantitative estimate of drug-likeness (QED) is 0.431. The van der Waals surface area contributed by atoms with Crippen LogP contribution in [0.25, 0.3) is 0 Å². The lowest BCUT2D eigenvalue weighted by atomic mass is 10.2. The standard InChI is InChI=1S/C11H25NO4/c1-3-4-10(13)7-12-8-11(14)9-16-6-5-15-2/h10-14H,3-9H2,1-2H3. The zero-order valence-electron chi connectivity index (χ0n) is 10.3. The summed E-state index contributed by atoms with van der Waals surface area (Å²) in [5.74, 6) is 0. The van der Waals surface area contributed by atoms with Crippen LogP contribution in [-0.2, 0) is 9.47 Å². The van der Waals surface area contributed by atoms with Crippen molar-refractivity contribution in [2.45, 2.75) is 32.0 Å². The summed E-state index contributed by atoms with van der Waals surface area (Å²) in [6, 6.07) is 0. The van der Waals surface area contributed by atoms with Crippen LogP contribution in [0.4, 0.5) is 0 Å². The van der Waals surface area contributed by atoms with Crippen molar-refractivity contribution >= 4 is 0 Å². The van der Waals surface area contributed by atoms with E-state index in [1.807, 2.05) is 6.92 Å². The Morgan fingerprint density at radius 1 is 1.12 bits per heavy atom. The third kappa shape index (κ3) is 10.3. The van der Waals surface area contributed by atoms with Crippen LogP contribution >= 0.6 is 0 Å². The first kappa shape index (κ1) is 15.8. The van der Waals surface area contributed by atoms with Crippen LogP contribution in [0.5, 0.6) is 0 Å². The van der Waals surface area contributed by atoms with Crippen molar-refractivity contribution in [3.8, 4) is 0 Å². The average molecular weight is 235 g/mol. The lowest BCUT2D eigenvalue weighted by Crippen LogP contribution is -2.35. The molecule has 0 heterocycles. The van der Waals surface area contributed by atoms with E-state index in [0.717, 1.165) is 12.8 Å². The maximum Gasteiger partial charge on any atom is 0.0897 e. The Morgan fingerprint density at radius 3 is 2.44 bits per heavy atom. The normalized spacial score (nSPS) is 15.0. The van der Waals surface area contributed by atoms with E-state index in [0.29, 0.717) is 32.9 Å². The topological polar surface area (TPSA) is 71.0 Å². The predicted molar refractivity (Wildman–Crippen MR) is 62.5 cm³/mol. The molecule has 0 saturated carbocycles. The summed E-state index contributed by atoms with van der Waals surface area (Å²) in [5.41, 5.74) is 0. The van der Waals surface area contributed by atoms with E-state index in [4.69, 9.17) is 9.47 Å². The van der Waals surface area contributed by atoms with Gasteiger partial charge in [-0.15, -0.1) is 0 Å². The van der Waals surface area contributed by atoms with Gasteiger partial charge in [-0.3, -0.25) is 0 Å². The first-order chi connectivity index (χ1) is 7.70. The van der Waals surface area contributed by atoms with Gasteiger partial charge in [0.2, 0.25) is 0 Å². The van der Waals surface area contributed by atoms with Gasteiger partial charge >= 0.3 is 0 Å². The molecule has 0 aromatic rings. The molecular weight excluding hydrogens is 210 g/mol. The summed E-state index contributed by atoms with van der Waals surface area (Å²) in [5, 5.41) is 21.9. The van der Waals surface area contributed by atoms with Crippen LogP contribution < -0.4 is 5.32 Å². The van der Waals surface area contributed by atoms with Crippen LogP contribution in [0.2, 0.25) is 0 Å². The second-order valence-electron chi connectivity index (χ2n) is 3.82. The third-order valence-corrected chi connectivity index (χ3v) is 2.12. The maximum absolute atomic E-state index is 9.48. The molecule has 16 heavy (non-hydrogen) atoms. The Hall–Kier alpha value is -0.200. The minimum atomic E-state index is -0.536. The van der Waals surface area contributed by atoms with Crippen molar-refractivity contribution in [3.05, 3.63) is 0 Å². The summed E-state index contributed by atoms with van der Waals surface area (Å²) >= 11 is 0. The first-order valence-electron chi connectivity index (χ1n) is 5.84. The van der Waals surface area contributed by atoms with Gasteiger partial charge in [0.25, 0.3) is 0 Å². The van der Waals surface area contributed by atoms with E-state index >= 15 is 0 Å². The maximum atomic E-state index is 9.48. The predicted octanol–water partition coefficient (Wildman–Crippen LogP) is -0.239. The molecule has 0 aliphatic carbocycles. The lowest BCUT2D eigenvalue weighted by molar-refractivity contribution is 0.0127. The monoisotopic (exact) mass is 235 g/mol. The fraction of sp³-hybridized carbons (Fsp3) is 1.00. The van der Waals surface area contributed by atoms with Crippen LogP contribution in [0.3, 0.4) is 0 Å². The number of nitrogens with one attached hydrogen (secondary N) is 1. The van der Waals surface area contributed by atoms with E-state index in [1.54, 1.807) is 7.11 Å². The summed E-state index contributed by atoms with van der Waals surface area (Å²) in [7, 11) is 1.61. The molecule has 5 nitrogen and oxygen atoms in total. The van der Waals surface area contributed by atoms with Crippen LogP contribution in [0, 0.1) is 0 Å². The van der Waals surface area contributed by atoms with Gasteiger partial charge in [0.15, 0.2) is 0 Å². The molecule has 2 unspecified atom stereocenters. The molecule has 0 aliphatic heterocycles. The van der Waals surface area contributed by atoms with Gasteiger partial charge in [0, 0.05) is 20.2 Å². The molecule has 0 radical (unpaired) electrons. The molecular formula is C11H25NO4. The molecule has 3 N–H and O–H groups in total. The zero-order valence-corrected chi connectivity index (χ0v) is 10.3. The van der Waals surface area contributed by atoms with E-state index in [2.05, 4.69) is 5.32 Å². The van der Waals surface area contributed by atoms with E-state index in [9.17, 15) is 10.2 Å². The molecule has 0 saturated heterocycles. The molecule has 0 spiro atoms. The van der Waals surface area contributed by atoms with Crippen molar-refractivity contribution in [1.29, 1.82) is 0 Å². The molecule has 0 amide bonds. The van der Waals surface area contributed by atoms with E-state index in [-0.39, 0.29) is 6.10 Å². The molecule has 2 atom stereocenters. The third-order valence-electron chi connectivity index (χ3n) is 2.12. The number of rotatable bonds is 11. The molecule has 0 aliphatic rings. The average Bonchev–Trinajstić information content (AvgIpc) is 2.25. The second-order valence-corrected chi connectivity index (χ2v) is 3.82. The zero-order chi connectivity index (χ0) is 12.2. The number of hydrogen-bond acceptors (Lipinski definition) is 5. The minimum absolute atomic E-state index is 0.292. The first-order valence-corrected chi connectivity index (χ1v) is 5.84. The van der Waals surface area contributed by atoms with Crippen molar-refractivity contribution in [3.63, 3.8) is 0 Å². The summed E-state index contributed by atoms with van der Waals surface area (Å²) in [6.07, 6.45) is 0.885. The van der Waals surface area contributed by atoms with Crippen LogP contribution in [0.1, 0.15) is 19.8 Å². The lowest BCUT2D eigenvalue weighted by Gasteiger charge is -2.14. The van der Waals surface area contributed by atoms with Gasteiger partial charge in [-0.2, -0.15) is 0 Å². The van der Waals surface area contributed by atoms with Crippen LogP contribution in [0.15, 0.2) is 0 Å². The molecule has 0 fully saturated rings. The molecule has 0 aromatic carbocycles. The fourth-order valence-electron chi connectivity index (χ4n) is 1.27. The number of aliphatic hydroxyl groups is 2. The second kappa shape index (κ2) is 11.3.